The number of hydrogen-bond acceptors (Lipinski definition) is 6. The minimum atomic E-state index is -0.439. The van der Waals surface area contributed by atoms with Gasteiger partial charge in [-0.3, -0.25) is 4.79 Å². The molecule has 0 saturated heterocycles. The fourth-order valence-corrected chi connectivity index (χ4v) is 2.79. The van der Waals surface area contributed by atoms with Crippen molar-refractivity contribution < 1.29 is 9.53 Å². The first-order valence-electron chi connectivity index (χ1n) is 6.63. The summed E-state index contributed by atoms with van der Waals surface area (Å²) in [5.74, 6) is -0.439. The number of aryl methyl sites for hydroxylation is 2. The Morgan fingerprint density at radius 3 is 2.91 bits per heavy atom. The number of esters is 1. The van der Waals surface area contributed by atoms with Gasteiger partial charge in [0.15, 0.2) is 0 Å². The second-order valence-electron chi connectivity index (χ2n) is 4.85. The van der Waals surface area contributed by atoms with Crippen molar-refractivity contribution in [3.8, 4) is 0 Å². The molecule has 1 aromatic carbocycles. The van der Waals surface area contributed by atoms with Gasteiger partial charge in [-0.15, -0.1) is 0 Å². The van der Waals surface area contributed by atoms with Crippen LogP contribution in [0.3, 0.4) is 0 Å². The lowest BCUT2D eigenvalue weighted by Gasteiger charge is -2.05. The molecule has 0 bridgehead atoms. The van der Waals surface area contributed by atoms with Crippen LogP contribution in [0.5, 0.6) is 0 Å². The highest BCUT2D eigenvalue weighted by molar-refractivity contribution is 7.16. The number of ether oxygens (including phenoxy) is 1. The molecule has 0 N–H and O–H groups in total. The predicted molar refractivity (Wildman–Crippen MR) is 82.2 cm³/mol. The minimum absolute atomic E-state index is 0.0462. The summed E-state index contributed by atoms with van der Waals surface area (Å²) in [5.41, 5.74) is 1.59. The van der Waals surface area contributed by atoms with E-state index >= 15 is 0 Å². The van der Waals surface area contributed by atoms with Crippen LogP contribution in [0.4, 0.5) is 0 Å². The van der Waals surface area contributed by atoms with Crippen LogP contribution in [0.15, 0.2) is 35.1 Å². The second kappa shape index (κ2) is 5.69. The molecule has 0 aliphatic carbocycles. The summed E-state index contributed by atoms with van der Waals surface area (Å²) in [7, 11) is 0. The van der Waals surface area contributed by atoms with E-state index in [1.807, 2.05) is 13.0 Å². The van der Waals surface area contributed by atoms with Gasteiger partial charge < -0.3 is 4.74 Å². The van der Waals surface area contributed by atoms with Crippen molar-refractivity contribution in [3.05, 3.63) is 62.5 Å². The van der Waals surface area contributed by atoms with E-state index < -0.39 is 5.97 Å². The lowest BCUT2D eigenvalue weighted by atomic mass is 10.1. The molecule has 112 valence electrons. The maximum atomic E-state index is 12.0. The molecule has 2 heterocycles. The number of carbonyl (C=O) groups excluding carboxylic acids is 1. The van der Waals surface area contributed by atoms with Crippen LogP contribution >= 0.6 is 11.3 Å². The molecule has 0 fully saturated rings. The number of benzene rings is 1. The Labute approximate surface area is 130 Å². The summed E-state index contributed by atoms with van der Waals surface area (Å²) in [5, 5.41) is 4.81. The highest BCUT2D eigenvalue weighted by Gasteiger charge is 2.10. The monoisotopic (exact) mass is 315 g/mol. The fourth-order valence-electron chi connectivity index (χ4n) is 2.02. The van der Waals surface area contributed by atoms with Gasteiger partial charge in [0.05, 0.1) is 11.3 Å². The van der Waals surface area contributed by atoms with Gasteiger partial charge in [-0.05, 0) is 26.0 Å². The van der Waals surface area contributed by atoms with Crippen LogP contribution in [-0.4, -0.2) is 20.6 Å². The van der Waals surface area contributed by atoms with E-state index in [1.54, 1.807) is 25.1 Å². The van der Waals surface area contributed by atoms with Gasteiger partial charge in [-0.2, -0.15) is 9.61 Å². The summed E-state index contributed by atoms with van der Waals surface area (Å²) < 4.78 is 6.46. The van der Waals surface area contributed by atoms with Crippen LogP contribution in [-0.2, 0) is 11.3 Å². The number of hydrogen-bond donors (Lipinski definition) is 0. The van der Waals surface area contributed by atoms with Crippen molar-refractivity contribution in [1.29, 1.82) is 0 Å². The first kappa shape index (κ1) is 14.4. The Balaban J connectivity index is 1.79. The largest absolute Gasteiger partial charge is 0.456 e. The SMILES string of the molecule is Cc1cccc(C(=O)OCc2cc(=O)n3nc(C)sc3n2)c1. The first-order chi connectivity index (χ1) is 10.5. The van der Waals surface area contributed by atoms with Crippen LogP contribution in [0.2, 0.25) is 0 Å². The molecule has 0 saturated carbocycles. The third kappa shape index (κ3) is 2.89. The molecule has 3 rings (SSSR count). The topological polar surface area (TPSA) is 73.6 Å². The molecular weight excluding hydrogens is 302 g/mol. The van der Waals surface area contributed by atoms with E-state index in [2.05, 4.69) is 10.1 Å². The van der Waals surface area contributed by atoms with Crippen LogP contribution in [0.1, 0.15) is 26.6 Å². The Kier molecular flexibility index (Phi) is 3.72. The molecule has 3 aromatic rings. The maximum Gasteiger partial charge on any atom is 0.338 e. The quantitative estimate of drug-likeness (QED) is 0.692. The molecule has 2 aromatic heterocycles. The van der Waals surface area contributed by atoms with E-state index in [4.69, 9.17) is 4.74 Å². The van der Waals surface area contributed by atoms with Crippen LogP contribution in [0, 0.1) is 13.8 Å². The van der Waals surface area contributed by atoms with Crippen molar-refractivity contribution in [2.45, 2.75) is 20.5 Å². The first-order valence-corrected chi connectivity index (χ1v) is 7.45. The van der Waals surface area contributed by atoms with Crippen molar-refractivity contribution in [1.82, 2.24) is 14.6 Å². The zero-order valence-electron chi connectivity index (χ0n) is 12.1. The number of nitrogens with zero attached hydrogens (tertiary/aromatic N) is 3. The molecule has 0 aliphatic heterocycles. The molecule has 0 amide bonds. The summed E-state index contributed by atoms with van der Waals surface area (Å²) >= 11 is 1.31. The van der Waals surface area contributed by atoms with E-state index in [1.165, 1.54) is 21.9 Å². The molecule has 0 spiro atoms. The van der Waals surface area contributed by atoms with E-state index in [-0.39, 0.29) is 12.2 Å². The van der Waals surface area contributed by atoms with Gasteiger partial charge in [0.1, 0.15) is 11.6 Å². The Hall–Kier alpha value is -2.54. The number of rotatable bonds is 3. The Morgan fingerprint density at radius 1 is 1.32 bits per heavy atom. The average Bonchev–Trinajstić information content (AvgIpc) is 2.86. The highest BCUT2D eigenvalue weighted by atomic mass is 32.1. The lowest BCUT2D eigenvalue weighted by molar-refractivity contribution is 0.0467. The molecule has 0 atom stereocenters. The van der Waals surface area contributed by atoms with Gasteiger partial charge in [-0.25, -0.2) is 9.78 Å². The van der Waals surface area contributed by atoms with E-state index in [0.29, 0.717) is 16.2 Å². The van der Waals surface area contributed by atoms with Crippen LogP contribution in [0.25, 0.3) is 4.96 Å². The Morgan fingerprint density at radius 2 is 2.14 bits per heavy atom. The summed E-state index contributed by atoms with van der Waals surface area (Å²) in [6.45, 7) is 3.66. The fraction of sp³-hybridized carbons (Fsp3) is 0.200. The molecular formula is C15H13N3O3S. The second-order valence-corrected chi connectivity index (χ2v) is 6.01. The van der Waals surface area contributed by atoms with Crippen molar-refractivity contribution in [2.24, 2.45) is 0 Å². The van der Waals surface area contributed by atoms with Gasteiger partial charge in [-0.1, -0.05) is 29.0 Å². The number of carbonyl (C=O) groups is 1. The van der Waals surface area contributed by atoms with Crippen LogP contribution < -0.4 is 5.56 Å². The molecule has 7 heteroatoms. The maximum absolute atomic E-state index is 12.0. The smallest absolute Gasteiger partial charge is 0.338 e. The molecule has 22 heavy (non-hydrogen) atoms. The summed E-state index contributed by atoms with van der Waals surface area (Å²) in [6.07, 6.45) is 0. The summed E-state index contributed by atoms with van der Waals surface area (Å²) in [6, 6.07) is 8.46. The molecule has 0 unspecified atom stereocenters. The normalized spacial score (nSPS) is 10.8. The van der Waals surface area contributed by atoms with Gasteiger partial charge in [0.2, 0.25) is 4.96 Å². The van der Waals surface area contributed by atoms with E-state index in [9.17, 15) is 9.59 Å². The molecule has 6 nitrogen and oxygen atoms in total. The van der Waals surface area contributed by atoms with Gasteiger partial charge in [0.25, 0.3) is 5.56 Å². The average molecular weight is 315 g/mol. The predicted octanol–water partition coefficient (Wildman–Crippen LogP) is 2.12. The third-order valence-electron chi connectivity index (χ3n) is 3.00. The zero-order chi connectivity index (χ0) is 15.7. The van der Waals surface area contributed by atoms with Crippen molar-refractivity contribution in [3.63, 3.8) is 0 Å². The standard InChI is InChI=1S/C15H13N3O3S/c1-9-4-3-5-11(6-9)14(20)21-8-12-7-13(19)18-15(16-12)22-10(2)17-18/h3-7H,8H2,1-2H3. The minimum Gasteiger partial charge on any atom is -0.456 e. The van der Waals surface area contributed by atoms with Gasteiger partial charge in [0, 0.05) is 6.07 Å². The Bertz CT molecular complexity index is 914. The van der Waals surface area contributed by atoms with E-state index in [0.717, 1.165) is 10.6 Å². The zero-order valence-corrected chi connectivity index (χ0v) is 12.9. The van der Waals surface area contributed by atoms with Crippen molar-refractivity contribution >= 4 is 22.3 Å². The number of aromatic nitrogens is 3. The third-order valence-corrected chi connectivity index (χ3v) is 3.83. The molecule has 0 radical (unpaired) electrons. The summed E-state index contributed by atoms with van der Waals surface area (Å²) in [4.78, 5) is 28.7. The lowest BCUT2D eigenvalue weighted by Crippen LogP contribution is -2.16. The highest BCUT2D eigenvalue weighted by Crippen LogP contribution is 2.11. The molecule has 0 aliphatic rings. The van der Waals surface area contributed by atoms with Crippen molar-refractivity contribution in [2.75, 3.05) is 0 Å². The van der Waals surface area contributed by atoms with Gasteiger partial charge >= 0.3 is 5.97 Å². The number of fused-ring (bicyclic) bond motifs is 1.